The normalized spacial score (nSPS) is 11.1. The molecule has 0 unspecified atom stereocenters. The highest BCUT2D eigenvalue weighted by Crippen LogP contribution is 2.15. The van der Waals surface area contributed by atoms with Crippen molar-refractivity contribution < 1.29 is 9.90 Å². The maximum Gasteiger partial charge on any atom is 0.331 e. The molecular formula is C26H24N2O4. The molecule has 3 aromatic carbocycles. The van der Waals surface area contributed by atoms with Crippen LogP contribution in [-0.4, -0.2) is 26.6 Å². The highest BCUT2D eigenvalue weighted by molar-refractivity contribution is 5.98. The molecule has 0 amide bonds. The van der Waals surface area contributed by atoms with Crippen LogP contribution < -0.4 is 11.2 Å². The lowest BCUT2D eigenvalue weighted by Gasteiger charge is -2.15. The fraction of sp³-hybridized carbons (Fsp3) is 0.192. The zero-order chi connectivity index (χ0) is 22.7. The Bertz CT molecular complexity index is 1400. The average molecular weight is 428 g/mol. The van der Waals surface area contributed by atoms with E-state index in [0.717, 1.165) is 16.7 Å². The third-order valence-corrected chi connectivity index (χ3v) is 5.67. The number of Topliss-reactive ketones (excluding diaryl/α,β-unsaturated/α-hetero) is 1. The lowest BCUT2D eigenvalue weighted by Crippen LogP contribution is -2.40. The molecule has 0 spiro atoms. The van der Waals surface area contributed by atoms with Crippen molar-refractivity contribution in [3.8, 4) is 0 Å². The molecule has 4 aromatic rings. The Balaban J connectivity index is 1.77. The second kappa shape index (κ2) is 9.16. The molecule has 1 N–H and O–H groups in total. The van der Waals surface area contributed by atoms with Crippen molar-refractivity contribution in [1.82, 2.24) is 9.13 Å². The second-order valence-electron chi connectivity index (χ2n) is 7.81. The molecule has 0 fully saturated rings. The van der Waals surface area contributed by atoms with Gasteiger partial charge >= 0.3 is 5.69 Å². The maximum absolute atomic E-state index is 13.4. The molecule has 0 aliphatic carbocycles. The molecule has 0 aliphatic heterocycles. The first-order valence-corrected chi connectivity index (χ1v) is 10.5. The van der Waals surface area contributed by atoms with E-state index in [1.165, 1.54) is 4.57 Å². The van der Waals surface area contributed by atoms with Gasteiger partial charge in [0.15, 0.2) is 5.78 Å². The molecule has 0 aliphatic rings. The minimum absolute atomic E-state index is 0.263. The fourth-order valence-corrected chi connectivity index (χ4v) is 4.01. The summed E-state index contributed by atoms with van der Waals surface area (Å²) in [5.41, 5.74) is 3.00. The van der Waals surface area contributed by atoms with E-state index in [-0.39, 0.29) is 30.1 Å². The van der Waals surface area contributed by atoms with E-state index in [4.69, 9.17) is 5.11 Å². The molecule has 0 saturated heterocycles. The summed E-state index contributed by atoms with van der Waals surface area (Å²) in [6.45, 7) is 1.81. The molecule has 6 heteroatoms. The van der Waals surface area contributed by atoms with Crippen molar-refractivity contribution in [2.45, 2.75) is 26.4 Å². The Morgan fingerprint density at radius 2 is 1.59 bits per heavy atom. The van der Waals surface area contributed by atoms with Crippen LogP contribution in [0.15, 0.2) is 82.4 Å². The second-order valence-corrected chi connectivity index (χ2v) is 7.81. The number of hydrogen-bond acceptors (Lipinski definition) is 4. The van der Waals surface area contributed by atoms with E-state index in [1.54, 1.807) is 47.9 Å². The Kier molecular flexibility index (Phi) is 6.14. The lowest BCUT2D eigenvalue weighted by molar-refractivity contribution is 0.0903. The highest BCUT2D eigenvalue weighted by atomic mass is 16.3. The van der Waals surface area contributed by atoms with Crippen molar-refractivity contribution in [3.63, 3.8) is 0 Å². The van der Waals surface area contributed by atoms with E-state index >= 15 is 0 Å². The third kappa shape index (κ3) is 4.18. The standard InChI is InChI=1S/C26H24N2O4/c1-18-15-20(11-12-21(18)24(30)17-29)16-28-23-10-6-5-9-22(23)25(31)27(26(28)32)14-13-19-7-3-2-4-8-19/h2-12,15,29H,13-14,16-17H2,1H3. The minimum atomic E-state index is -0.545. The topological polar surface area (TPSA) is 81.3 Å². The SMILES string of the molecule is Cc1cc(Cn2c(=O)n(CCc3ccccc3)c(=O)c3ccccc32)ccc1C(=O)CO. The van der Waals surface area contributed by atoms with Gasteiger partial charge in [0.1, 0.15) is 6.61 Å². The summed E-state index contributed by atoms with van der Waals surface area (Å²) >= 11 is 0. The van der Waals surface area contributed by atoms with Gasteiger partial charge in [0.2, 0.25) is 0 Å². The van der Waals surface area contributed by atoms with Gasteiger partial charge in [0, 0.05) is 12.1 Å². The van der Waals surface area contributed by atoms with Crippen molar-refractivity contribution in [2.24, 2.45) is 0 Å². The number of rotatable bonds is 7. The Labute approximate surface area is 185 Å². The van der Waals surface area contributed by atoms with Gasteiger partial charge in [-0.2, -0.15) is 0 Å². The maximum atomic E-state index is 13.4. The summed E-state index contributed by atoms with van der Waals surface area (Å²) < 4.78 is 2.90. The molecule has 6 nitrogen and oxygen atoms in total. The predicted octanol–water partition coefficient (Wildman–Crippen LogP) is 2.94. The quantitative estimate of drug-likeness (QED) is 0.459. The highest BCUT2D eigenvalue weighted by Gasteiger charge is 2.14. The smallest absolute Gasteiger partial charge is 0.331 e. The number of aliphatic hydroxyl groups excluding tert-OH is 1. The number of carbonyl (C=O) groups is 1. The van der Waals surface area contributed by atoms with Crippen LogP contribution in [0.2, 0.25) is 0 Å². The molecule has 162 valence electrons. The average Bonchev–Trinajstić information content (AvgIpc) is 2.82. The number of fused-ring (bicyclic) bond motifs is 1. The van der Waals surface area contributed by atoms with E-state index in [2.05, 4.69) is 0 Å². The van der Waals surface area contributed by atoms with Crippen molar-refractivity contribution in [3.05, 3.63) is 116 Å². The van der Waals surface area contributed by atoms with Crippen LogP contribution in [0.25, 0.3) is 10.9 Å². The van der Waals surface area contributed by atoms with Gasteiger partial charge in [-0.1, -0.05) is 60.7 Å². The molecule has 32 heavy (non-hydrogen) atoms. The molecule has 0 atom stereocenters. The van der Waals surface area contributed by atoms with Crippen LogP contribution in [0, 0.1) is 6.92 Å². The zero-order valence-corrected chi connectivity index (χ0v) is 17.8. The molecule has 0 radical (unpaired) electrons. The van der Waals surface area contributed by atoms with Crippen molar-refractivity contribution in [2.75, 3.05) is 6.61 Å². The summed E-state index contributed by atoms with van der Waals surface area (Å²) in [5.74, 6) is -0.342. The van der Waals surface area contributed by atoms with Gasteiger partial charge in [-0.15, -0.1) is 0 Å². The summed E-state index contributed by atoms with van der Waals surface area (Å²) in [6.07, 6.45) is 0.575. The summed E-state index contributed by atoms with van der Waals surface area (Å²) in [4.78, 5) is 38.3. The van der Waals surface area contributed by atoms with Crippen LogP contribution in [0.5, 0.6) is 0 Å². The van der Waals surface area contributed by atoms with Crippen LogP contribution in [-0.2, 0) is 19.5 Å². The number of hydrogen-bond donors (Lipinski definition) is 1. The molecule has 0 bridgehead atoms. The number of para-hydroxylation sites is 1. The van der Waals surface area contributed by atoms with Crippen molar-refractivity contribution in [1.29, 1.82) is 0 Å². The summed E-state index contributed by atoms with van der Waals surface area (Å²) in [6, 6.07) is 22.1. The number of carbonyl (C=O) groups excluding carboxylic acids is 1. The number of nitrogens with zero attached hydrogens (tertiary/aromatic N) is 2. The first-order valence-electron chi connectivity index (χ1n) is 10.5. The number of ketones is 1. The van der Waals surface area contributed by atoms with Gasteiger partial charge in [-0.25, -0.2) is 4.79 Å². The molecule has 4 rings (SSSR count). The number of aryl methyl sites for hydroxylation is 2. The van der Waals surface area contributed by atoms with Crippen LogP contribution in [0.3, 0.4) is 0 Å². The van der Waals surface area contributed by atoms with E-state index in [0.29, 0.717) is 22.9 Å². The fourth-order valence-electron chi connectivity index (χ4n) is 4.01. The Morgan fingerprint density at radius 3 is 2.31 bits per heavy atom. The van der Waals surface area contributed by atoms with E-state index < -0.39 is 6.61 Å². The zero-order valence-electron chi connectivity index (χ0n) is 17.8. The molecule has 1 aromatic heterocycles. The largest absolute Gasteiger partial charge is 0.388 e. The number of benzene rings is 3. The predicted molar refractivity (Wildman–Crippen MR) is 124 cm³/mol. The number of aliphatic hydroxyl groups is 1. The summed E-state index contributed by atoms with van der Waals surface area (Å²) in [7, 11) is 0. The van der Waals surface area contributed by atoms with Gasteiger partial charge in [-0.05, 0) is 42.2 Å². The van der Waals surface area contributed by atoms with Gasteiger partial charge in [0.05, 0.1) is 17.4 Å². The third-order valence-electron chi connectivity index (χ3n) is 5.67. The van der Waals surface area contributed by atoms with Crippen LogP contribution in [0.1, 0.15) is 27.0 Å². The van der Waals surface area contributed by atoms with Crippen LogP contribution >= 0.6 is 0 Å². The minimum Gasteiger partial charge on any atom is -0.388 e. The molecule has 1 heterocycles. The van der Waals surface area contributed by atoms with E-state index in [1.807, 2.05) is 36.4 Å². The Hall–Kier alpha value is -3.77. The Morgan fingerprint density at radius 1 is 0.875 bits per heavy atom. The van der Waals surface area contributed by atoms with Crippen LogP contribution in [0.4, 0.5) is 0 Å². The van der Waals surface area contributed by atoms with E-state index in [9.17, 15) is 14.4 Å². The van der Waals surface area contributed by atoms with Crippen molar-refractivity contribution >= 4 is 16.7 Å². The van der Waals surface area contributed by atoms with Gasteiger partial charge in [0.25, 0.3) is 5.56 Å². The first kappa shape index (κ1) is 21.5. The summed E-state index contributed by atoms with van der Waals surface area (Å²) in [5, 5.41) is 9.62. The number of aromatic nitrogens is 2. The molecular weight excluding hydrogens is 404 g/mol. The van der Waals surface area contributed by atoms with Gasteiger partial charge in [-0.3, -0.25) is 18.7 Å². The monoisotopic (exact) mass is 428 g/mol. The first-order chi connectivity index (χ1) is 15.5. The lowest BCUT2D eigenvalue weighted by atomic mass is 10.0. The van der Waals surface area contributed by atoms with Gasteiger partial charge < -0.3 is 5.11 Å². The molecule has 0 saturated carbocycles.